The molecule has 0 unspecified atom stereocenters. The van der Waals surface area contributed by atoms with Gasteiger partial charge >= 0.3 is 0 Å². The highest BCUT2D eigenvalue weighted by atomic mass is 15.1. The van der Waals surface area contributed by atoms with Crippen molar-refractivity contribution in [2.75, 3.05) is 20.1 Å². The predicted octanol–water partition coefficient (Wildman–Crippen LogP) is 5.23. The molecule has 0 radical (unpaired) electrons. The molecule has 0 fully saturated rings. The van der Waals surface area contributed by atoms with Gasteiger partial charge in [0.2, 0.25) is 0 Å². The molecule has 0 amide bonds. The van der Waals surface area contributed by atoms with Crippen molar-refractivity contribution in [3.8, 4) is 0 Å². The molecule has 0 aliphatic heterocycles. The maximum Gasteiger partial charge on any atom is 0.00355 e. The highest BCUT2D eigenvalue weighted by Gasteiger charge is 2.01. The van der Waals surface area contributed by atoms with E-state index in [4.69, 9.17) is 0 Å². The van der Waals surface area contributed by atoms with Gasteiger partial charge in [-0.1, -0.05) is 65.2 Å². The van der Waals surface area contributed by atoms with Crippen molar-refractivity contribution >= 4 is 0 Å². The number of nitrogens with zero attached hydrogens (tertiary/aromatic N) is 1. The van der Waals surface area contributed by atoms with Gasteiger partial charge in [0, 0.05) is 12.1 Å². The Bertz CT molecular complexity index is 202. The topological polar surface area (TPSA) is 15.3 Å². The average molecular weight is 299 g/mol. The summed E-state index contributed by atoms with van der Waals surface area (Å²) in [6.45, 7) is 11.5. The van der Waals surface area contributed by atoms with Crippen LogP contribution >= 0.6 is 0 Å². The summed E-state index contributed by atoms with van der Waals surface area (Å²) in [6, 6.07) is 1.34. The van der Waals surface area contributed by atoms with Crippen molar-refractivity contribution in [2.45, 2.75) is 104 Å². The van der Waals surface area contributed by atoms with E-state index in [1.165, 1.54) is 77.3 Å². The number of nitrogens with one attached hydrogen (secondary N) is 1. The number of hydrogen-bond donors (Lipinski definition) is 1. The fourth-order valence-corrected chi connectivity index (χ4v) is 2.55. The molecule has 2 nitrogen and oxygen atoms in total. The first-order valence-electron chi connectivity index (χ1n) is 9.47. The third-order valence-electron chi connectivity index (χ3n) is 4.37. The van der Waals surface area contributed by atoms with E-state index in [0.717, 1.165) is 0 Å². The van der Waals surface area contributed by atoms with Crippen LogP contribution in [0.5, 0.6) is 0 Å². The van der Waals surface area contributed by atoms with E-state index in [1.54, 1.807) is 0 Å². The first kappa shape index (κ1) is 20.9. The Morgan fingerprint density at radius 3 is 1.52 bits per heavy atom. The Hall–Kier alpha value is -0.0800. The molecule has 128 valence electrons. The SMILES string of the molecule is CC(C)NCCCCCCCCCCCCN(C)C(C)C. The number of rotatable bonds is 15. The molecular weight excluding hydrogens is 256 g/mol. The van der Waals surface area contributed by atoms with Crippen molar-refractivity contribution in [1.82, 2.24) is 10.2 Å². The van der Waals surface area contributed by atoms with Gasteiger partial charge in [-0.2, -0.15) is 0 Å². The average Bonchev–Trinajstić information content (AvgIpc) is 2.43. The van der Waals surface area contributed by atoms with E-state index >= 15 is 0 Å². The minimum Gasteiger partial charge on any atom is -0.315 e. The Morgan fingerprint density at radius 1 is 0.667 bits per heavy atom. The van der Waals surface area contributed by atoms with E-state index < -0.39 is 0 Å². The quantitative estimate of drug-likeness (QED) is 0.417. The molecule has 1 N–H and O–H groups in total. The summed E-state index contributed by atoms with van der Waals surface area (Å²) < 4.78 is 0. The van der Waals surface area contributed by atoms with Gasteiger partial charge in [0.05, 0.1) is 0 Å². The summed E-state index contributed by atoms with van der Waals surface area (Å²) in [7, 11) is 2.24. The van der Waals surface area contributed by atoms with Crippen LogP contribution in [-0.2, 0) is 0 Å². The highest BCUT2D eigenvalue weighted by molar-refractivity contribution is 4.57. The monoisotopic (exact) mass is 298 g/mol. The molecule has 0 spiro atoms. The van der Waals surface area contributed by atoms with Crippen LogP contribution in [0.3, 0.4) is 0 Å². The smallest absolute Gasteiger partial charge is 0.00355 e. The summed E-state index contributed by atoms with van der Waals surface area (Å²) in [6.07, 6.45) is 14.2. The van der Waals surface area contributed by atoms with Gasteiger partial charge in [0.15, 0.2) is 0 Å². The van der Waals surface area contributed by atoms with Gasteiger partial charge < -0.3 is 10.2 Å². The van der Waals surface area contributed by atoms with Crippen molar-refractivity contribution in [3.63, 3.8) is 0 Å². The third-order valence-corrected chi connectivity index (χ3v) is 4.37. The summed E-state index contributed by atoms with van der Waals surface area (Å²) in [5.41, 5.74) is 0. The lowest BCUT2D eigenvalue weighted by Crippen LogP contribution is -2.27. The predicted molar refractivity (Wildman–Crippen MR) is 97.1 cm³/mol. The molecule has 21 heavy (non-hydrogen) atoms. The van der Waals surface area contributed by atoms with E-state index in [0.29, 0.717) is 12.1 Å². The van der Waals surface area contributed by atoms with Crippen molar-refractivity contribution in [3.05, 3.63) is 0 Å². The van der Waals surface area contributed by atoms with E-state index in [1.807, 2.05) is 0 Å². The molecule has 0 aromatic carbocycles. The van der Waals surface area contributed by atoms with Gasteiger partial charge in [-0.15, -0.1) is 0 Å². The second-order valence-electron chi connectivity index (χ2n) is 7.22. The van der Waals surface area contributed by atoms with Crippen LogP contribution in [0.2, 0.25) is 0 Å². The molecule has 0 aliphatic carbocycles. The van der Waals surface area contributed by atoms with E-state index in [2.05, 4.69) is 45.0 Å². The summed E-state index contributed by atoms with van der Waals surface area (Å²) in [5, 5.41) is 3.49. The molecule has 0 heterocycles. The Kier molecular flexibility index (Phi) is 14.8. The van der Waals surface area contributed by atoms with Crippen LogP contribution in [0.15, 0.2) is 0 Å². The standard InChI is InChI=1S/C19H42N2/c1-18(2)20-16-14-12-10-8-6-7-9-11-13-15-17-21(5)19(3)4/h18-20H,6-17H2,1-5H3. The third kappa shape index (κ3) is 16.1. The van der Waals surface area contributed by atoms with Crippen LogP contribution in [-0.4, -0.2) is 37.1 Å². The fourth-order valence-electron chi connectivity index (χ4n) is 2.55. The molecule has 0 aromatic rings. The van der Waals surface area contributed by atoms with E-state index in [-0.39, 0.29) is 0 Å². The minimum atomic E-state index is 0.644. The van der Waals surface area contributed by atoms with Crippen LogP contribution in [0, 0.1) is 0 Å². The Labute approximate surface area is 135 Å². The van der Waals surface area contributed by atoms with Gasteiger partial charge in [0.25, 0.3) is 0 Å². The molecule has 0 rings (SSSR count). The highest BCUT2D eigenvalue weighted by Crippen LogP contribution is 2.11. The largest absolute Gasteiger partial charge is 0.315 e. The number of unbranched alkanes of at least 4 members (excludes halogenated alkanes) is 9. The second-order valence-corrected chi connectivity index (χ2v) is 7.22. The summed E-state index contributed by atoms with van der Waals surface area (Å²) in [4.78, 5) is 2.45. The maximum absolute atomic E-state index is 3.49. The van der Waals surface area contributed by atoms with Crippen molar-refractivity contribution < 1.29 is 0 Å². The first-order chi connectivity index (χ1) is 10.0. The molecular formula is C19H42N2. The number of hydrogen-bond acceptors (Lipinski definition) is 2. The zero-order valence-corrected chi connectivity index (χ0v) is 15.6. The lowest BCUT2D eigenvalue weighted by molar-refractivity contribution is 0.267. The molecule has 0 atom stereocenters. The molecule has 0 saturated carbocycles. The summed E-state index contributed by atoms with van der Waals surface area (Å²) in [5.74, 6) is 0. The normalized spacial score (nSPS) is 12.0. The summed E-state index contributed by atoms with van der Waals surface area (Å²) >= 11 is 0. The maximum atomic E-state index is 3.49. The minimum absolute atomic E-state index is 0.644. The fraction of sp³-hybridized carbons (Fsp3) is 1.00. The zero-order chi connectivity index (χ0) is 15.9. The zero-order valence-electron chi connectivity index (χ0n) is 15.6. The van der Waals surface area contributed by atoms with Crippen molar-refractivity contribution in [2.24, 2.45) is 0 Å². The lowest BCUT2D eigenvalue weighted by atomic mass is 10.1. The van der Waals surface area contributed by atoms with Crippen LogP contribution < -0.4 is 5.32 Å². The Balaban J connectivity index is 3.06. The molecule has 0 bridgehead atoms. The Morgan fingerprint density at radius 2 is 1.10 bits per heavy atom. The first-order valence-corrected chi connectivity index (χ1v) is 9.47. The van der Waals surface area contributed by atoms with Crippen LogP contribution in [0.1, 0.15) is 91.9 Å². The van der Waals surface area contributed by atoms with Gasteiger partial charge in [-0.3, -0.25) is 0 Å². The molecule has 0 aliphatic rings. The van der Waals surface area contributed by atoms with Gasteiger partial charge in [-0.05, 0) is 46.8 Å². The van der Waals surface area contributed by atoms with Crippen LogP contribution in [0.4, 0.5) is 0 Å². The molecule has 2 heteroatoms. The van der Waals surface area contributed by atoms with Gasteiger partial charge in [0.1, 0.15) is 0 Å². The van der Waals surface area contributed by atoms with Gasteiger partial charge in [-0.25, -0.2) is 0 Å². The molecule has 0 aromatic heterocycles. The second kappa shape index (κ2) is 14.8. The lowest BCUT2D eigenvalue weighted by Gasteiger charge is -2.20. The molecule has 0 saturated heterocycles. The van der Waals surface area contributed by atoms with Crippen LogP contribution in [0.25, 0.3) is 0 Å². The van der Waals surface area contributed by atoms with Crippen molar-refractivity contribution in [1.29, 1.82) is 0 Å². The van der Waals surface area contributed by atoms with E-state index in [9.17, 15) is 0 Å².